The van der Waals surface area contributed by atoms with Gasteiger partial charge in [0.05, 0.1) is 6.26 Å². The van der Waals surface area contributed by atoms with Crippen LogP contribution in [-0.4, -0.2) is 6.54 Å². The lowest BCUT2D eigenvalue weighted by atomic mass is 10.0. The molecule has 0 amide bonds. The Labute approximate surface area is 124 Å². The first-order chi connectivity index (χ1) is 8.70. The van der Waals surface area contributed by atoms with Crippen LogP contribution >= 0.6 is 31.9 Å². The van der Waals surface area contributed by atoms with Gasteiger partial charge in [-0.2, -0.15) is 0 Å². The minimum Gasteiger partial charge on any atom is -0.469 e. The van der Waals surface area contributed by atoms with Gasteiger partial charge in [-0.3, -0.25) is 0 Å². The van der Waals surface area contributed by atoms with E-state index in [1.165, 1.54) is 5.56 Å². The van der Waals surface area contributed by atoms with Crippen LogP contribution in [0.25, 0.3) is 0 Å². The average molecular weight is 373 g/mol. The molecule has 0 saturated heterocycles. The maximum atomic E-state index is 5.43. The highest BCUT2D eigenvalue weighted by Gasteiger charge is 2.15. The summed E-state index contributed by atoms with van der Waals surface area (Å²) in [5, 5.41) is 3.49. The molecule has 18 heavy (non-hydrogen) atoms. The Balaban J connectivity index is 2.23. The quantitative estimate of drug-likeness (QED) is 0.822. The predicted molar refractivity (Wildman–Crippen MR) is 80.7 cm³/mol. The van der Waals surface area contributed by atoms with E-state index in [0.29, 0.717) is 0 Å². The lowest BCUT2D eigenvalue weighted by Crippen LogP contribution is -2.23. The summed E-state index contributed by atoms with van der Waals surface area (Å²) in [7, 11) is 0. The first kappa shape index (κ1) is 13.8. The predicted octanol–water partition coefficient (Wildman–Crippen LogP) is 4.70. The van der Waals surface area contributed by atoms with Gasteiger partial charge in [0.1, 0.15) is 5.76 Å². The van der Waals surface area contributed by atoms with Crippen LogP contribution in [0, 0.1) is 0 Å². The number of halogens is 2. The molecular formula is C14H15Br2NO. The van der Waals surface area contributed by atoms with E-state index in [4.69, 9.17) is 4.42 Å². The molecule has 1 atom stereocenters. The molecule has 0 spiro atoms. The molecule has 0 aliphatic carbocycles. The molecule has 2 rings (SSSR count). The Morgan fingerprint density at radius 1 is 1.28 bits per heavy atom. The van der Waals surface area contributed by atoms with Gasteiger partial charge in [-0.05, 0) is 36.4 Å². The van der Waals surface area contributed by atoms with Gasteiger partial charge in [0.15, 0.2) is 0 Å². The smallest absolute Gasteiger partial charge is 0.105 e. The number of furan rings is 1. The zero-order valence-corrected chi connectivity index (χ0v) is 13.3. The number of nitrogens with one attached hydrogen (secondary N) is 1. The molecule has 0 saturated carbocycles. The fourth-order valence-electron chi connectivity index (χ4n) is 1.95. The van der Waals surface area contributed by atoms with Crippen LogP contribution in [0.1, 0.15) is 24.3 Å². The second-order valence-electron chi connectivity index (χ2n) is 4.06. The minimum absolute atomic E-state index is 0.253. The topological polar surface area (TPSA) is 25.2 Å². The van der Waals surface area contributed by atoms with Crippen LogP contribution in [0.5, 0.6) is 0 Å². The molecule has 1 aromatic heterocycles. The van der Waals surface area contributed by atoms with Gasteiger partial charge in [0.2, 0.25) is 0 Å². The van der Waals surface area contributed by atoms with Crippen molar-refractivity contribution in [1.82, 2.24) is 5.32 Å². The second-order valence-corrected chi connectivity index (χ2v) is 5.83. The van der Waals surface area contributed by atoms with E-state index in [0.717, 1.165) is 27.7 Å². The van der Waals surface area contributed by atoms with E-state index in [2.05, 4.69) is 62.3 Å². The summed E-state index contributed by atoms with van der Waals surface area (Å²) in [6.07, 6.45) is 2.57. The molecule has 1 aromatic carbocycles. The van der Waals surface area contributed by atoms with Gasteiger partial charge in [0.25, 0.3) is 0 Å². The SMILES string of the molecule is CCNC(Cc1ccco1)c1ccc(Br)cc1Br. The highest BCUT2D eigenvalue weighted by atomic mass is 79.9. The minimum atomic E-state index is 0.253. The molecule has 1 heterocycles. The number of hydrogen-bond acceptors (Lipinski definition) is 2. The maximum absolute atomic E-state index is 5.43. The normalized spacial score (nSPS) is 12.6. The van der Waals surface area contributed by atoms with Crippen LogP contribution in [0.15, 0.2) is 50.0 Å². The van der Waals surface area contributed by atoms with Gasteiger partial charge in [0, 0.05) is 21.4 Å². The van der Waals surface area contributed by atoms with Crippen molar-refractivity contribution < 1.29 is 4.42 Å². The molecule has 2 nitrogen and oxygen atoms in total. The van der Waals surface area contributed by atoms with Crippen LogP contribution < -0.4 is 5.32 Å². The average Bonchev–Trinajstić information content (AvgIpc) is 2.81. The molecule has 2 aromatic rings. The first-order valence-electron chi connectivity index (χ1n) is 5.91. The van der Waals surface area contributed by atoms with E-state index in [-0.39, 0.29) is 6.04 Å². The van der Waals surface area contributed by atoms with Crippen molar-refractivity contribution in [2.45, 2.75) is 19.4 Å². The third-order valence-corrected chi connectivity index (χ3v) is 3.95. The lowest BCUT2D eigenvalue weighted by Gasteiger charge is -2.19. The Kier molecular flexibility index (Phi) is 5.03. The van der Waals surface area contributed by atoms with Gasteiger partial charge >= 0.3 is 0 Å². The summed E-state index contributed by atoms with van der Waals surface area (Å²) in [6.45, 7) is 3.04. The van der Waals surface area contributed by atoms with Crippen LogP contribution in [0.2, 0.25) is 0 Å². The summed E-state index contributed by atoms with van der Waals surface area (Å²) in [6, 6.07) is 10.5. The molecule has 0 fully saturated rings. The molecule has 96 valence electrons. The second kappa shape index (κ2) is 6.55. The molecule has 4 heteroatoms. The van der Waals surface area contributed by atoms with E-state index >= 15 is 0 Å². The lowest BCUT2D eigenvalue weighted by molar-refractivity contribution is 0.454. The molecular weight excluding hydrogens is 358 g/mol. The Bertz CT molecular complexity index is 497. The fourth-order valence-corrected chi connectivity index (χ4v) is 3.28. The van der Waals surface area contributed by atoms with Crippen LogP contribution in [0.4, 0.5) is 0 Å². The van der Waals surface area contributed by atoms with Crippen LogP contribution in [-0.2, 0) is 6.42 Å². The molecule has 1 N–H and O–H groups in total. The fraction of sp³-hybridized carbons (Fsp3) is 0.286. The summed E-state index contributed by atoms with van der Waals surface area (Å²) in [5.74, 6) is 0.996. The van der Waals surface area contributed by atoms with Gasteiger partial charge in [-0.1, -0.05) is 44.8 Å². The summed E-state index contributed by atoms with van der Waals surface area (Å²) < 4.78 is 7.61. The zero-order valence-electron chi connectivity index (χ0n) is 10.1. The molecule has 0 bridgehead atoms. The standard InChI is InChI=1S/C14H15Br2NO/c1-2-17-14(9-11-4-3-7-18-11)12-6-5-10(15)8-13(12)16/h3-8,14,17H,2,9H2,1H3. The van der Waals surface area contributed by atoms with Crippen molar-refractivity contribution >= 4 is 31.9 Å². The monoisotopic (exact) mass is 371 g/mol. The number of benzene rings is 1. The summed E-state index contributed by atoms with van der Waals surface area (Å²) in [5.41, 5.74) is 1.25. The Hall–Kier alpha value is -0.580. The molecule has 0 radical (unpaired) electrons. The third-order valence-electron chi connectivity index (χ3n) is 2.77. The molecule has 0 aliphatic rings. The molecule has 1 unspecified atom stereocenters. The Morgan fingerprint density at radius 3 is 2.72 bits per heavy atom. The first-order valence-corrected chi connectivity index (χ1v) is 7.50. The van der Waals surface area contributed by atoms with E-state index in [1.54, 1.807) is 6.26 Å². The van der Waals surface area contributed by atoms with Crippen molar-refractivity contribution in [1.29, 1.82) is 0 Å². The zero-order chi connectivity index (χ0) is 13.0. The number of rotatable bonds is 5. The van der Waals surface area contributed by atoms with Crippen molar-refractivity contribution in [2.24, 2.45) is 0 Å². The van der Waals surface area contributed by atoms with Gasteiger partial charge < -0.3 is 9.73 Å². The van der Waals surface area contributed by atoms with Crippen LogP contribution in [0.3, 0.4) is 0 Å². The van der Waals surface area contributed by atoms with Crippen molar-refractivity contribution in [2.75, 3.05) is 6.54 Å². The van der Waals surface area contributed by atoms with Gasteiger partial charge in [-0.15, -0.1) is 0 Å². The number of likely N-dealkylation sites (N-methyl/N-ethyl adjacent to an activating group) is 1. The Morgan fingerprint density at radius 2 is 2.11 bits per heavy atom. The maximum Gasteiger partial charge on any atom is 0.105 e. The van der Waals surface area contributed by atoms with Crippen molar-refractivity contribution in [3.63, 3.8) is 0 Å². The van der Waals surface area contributed by atoms with E-state index < -0.39 is 0 Å². The largest absolute Gasteiger partial charge is 0.469 e. The third kappa shape index (κ3) is 3.46. The van der Waals surface area contributed by atoms with Crippen molar-refractivity contribution in [3.05, 3.63) is 56.9 Å². The highest BCUT2D eigenvalue weighted by molar-refractivity contribution is 9.11. The number of hydrogen-bond donors (Lipinski definition) is 1. The highest BCUT2D eigenvalue weighted by Crippen LogP contribution is 2.29. The van der Waals surface area contributed by atoms with E-state index in [1.807, 2.05) is 12.1 Å². The van der Waals surface area contributed by atoms with E-state index in [9.17, 15) is 0 Å². The van der Waals surface area contributed by atoms with Gasteiger partial charge in [-0.25, -0.2) is 0 Å². The summed E-state index contributed by atoms with van der Waals surface area (Å²) >= 11 is 7.10. The summed E-state index contributed by atoms with van der Waals surface area (Å²) in [4.78, 5) is 0. The van der Waals surface area contributed by atoms with Crippen molar-refractivity contribution in [3.8, 4) is 0 Å². The molecule has 0 aliphatic heterocycles.